The van der Waals surface area contributed by atoms with Crippen LogP contribution in [0.25, 0.3) is 0 Å². The Bertz CT molecular complexity index is 484. The molecular formula is C19H26N+. The molecule has 106 valence electrons. The van der Waals surface area contributed by atoms with Gasteiger partial charge in [0, 0.05) is 5.56 Å². The summed E-state index contributed by atoms with van der Waals surface area (Å²) < 4.78 is 1.07. The molecule has 2 rings (SSSR count). The summed E-state index contributed by atoms with van der Waals surface area (Å²) in [7, 11) is 0. The van der Waals surface area contributed by atoms with Crippen molar-refractivity contribution in [3.8, 4) is 0 Å². The van der Waals surface area contributed by atoms with E-state index in [1.807, 2.05) is 0 Å². The van der Waals surface area contributed by atoms with E-state index in [2.05, 4.69) is 74.5 Å². The van der Waals surface area contributed by atoms with Gasteiger partial charge in [0.25, 0.3) is 0 Å². The summed E-state index contributed by atoms with van der Waals surface area (Å²) in [6.45, 7) is 8.07. The first kappa shape index (κ1) is 14.8. The summed E-state index contributed by atoms with van der Waals surface area (Å²) in [5.74, 6) is 0. The highest BCUT2D eigenvalue weighted by Crippen LogP contribution is 2.27. The molecule has 0 amide bonds. The molecule has 1 nitrogen and oxygen atoms in total. The van der Waals surface area contributed by atoms with Crippen LogP contribution in [0.5, 0.6) is 0 Å². The molecule has 0 heterocycles. The first-order chi connectivity index (χ1) is 9.80. The lowest BCUT2D eigenvalue weighted by Crippen LogP contribution is -2.49. The Kier molecular flexibility index (Phi) is 5.37. The van der Waals surface area contributed by atoms with Crippen LogP contribution in [0.1, 0.15) is 32.3 Å². The van der Waals surface area contributed by atoms with Gasteiger partial charge < -0.3 is 0 Å². The number of rotatable bonds is 7. The molecule has 1 heteroatoms. The van der Waals surface area contributed by atoms with E-state index in [9.17, 15) is 0 Å². The number of nitrogens with zero attached hydrogens (tertiary/aromatic N) is 1. The van der Waals surface area contributed by atoms with Crippen LogP contribution in [-0.4, -0.2) is 13.1 Å². The average Bonchev–Trinajstić information content (AvgIpc) is 2.49. The Labute approximate surface area is 123 Å². The molecule has 0 fully saturated rings. The van der Waals surface area contributed by atoms with Crippen LogP contribution in [0.15, 0.2) is 60.7 Å². The van der Waals surface area contributed by atoms with E-state index in [0.29, 0.717) is 0 Å². The number of hydrogen-bond donors (Lipinski definition) is 0. The van der Waals surface area contributed by atoms with Crippen molar-refractivity contribution in [2.75, 3.05) is 13.1 Å². The quantitative estimate of drug-likeness (QED) is 0.619. The number of benzene rings is 2. The highest BCUT2D eigenvalue weighted by molar-refractivity contribution is 5.43. The molecule has 0 aliphatic rings. The lowest BCUT2D eigenvalue weighted by molar-refractivity contribution is 0.264. The molecule has 0 bridgehead atoms. The minimum Gasteiger partial charge on any atom is -0.287 e. The normalized spacial score (nSPS) is 11.5. The highest BCUT2D eigenvalue weighted by atomic mass is 15.4. The topological polar surface area (TPSA) is 0 Å². The number of para-hydroxylation sites is 1. The Balaban J connectivity index is 2.36. The van der Waals surface area contributed by atoms with Crippen LogP contribution in [0.3, 0.4) is 0 Å². The van der Waals surface area contributed by atoms with Crippen molar-refractivity contribution < 1.29 is 0 Å². The summed E-state index contributed by atoms with van der Waals surface area (Å²) in [6, 6.07) is 21.9. The molecule has 0 aromatic heterocycles. The molecule has 0 spiro atoms. The van der Waals surface area contributed by atoms with Crippen LogP contribution in [-0.2, 0) is 6.54 Å². The fourth-order valence-electron chi connectivity index (χ4n) is 3.15. The molecule has 0 saturated carbocycles. The maximum atomic E-state index is 2.29. The van der Waals surface area contributed by atoms with Gasteiger partial charge in [0.2, 0.25) is 0 Å². The van der Waals surface area contributed by atoms with Crippen molar-refractivity contribution in [2.45, 2.75) is 33.2 Å². The lowest BCUT2D eigenvalue weighted by Gasteiger charge is -2.38. The maximum absolute atomic E-state index is 2.29. The standard InChI is InChI=1S/C19H26N/c1-3-15-20(16-4-2,19-13-9-6-10-14-19)17-18-11-7-5-8-12-18/h5-14H,3-4,15-17H2,1-2H3/q+1. The lowest BCUT2D eigenvalue weighted by atomic mass is 10.1. The first-order valence-electron chi connectivity index (χ1n) is 7.76. The average molecular weight is 268 g/mol. The predicted molar refractivity (Wildman–Crippen MR) is 88.7 cm³/mol. The fourth-order valence-corrected chi connectivity index (χ4v) is 3.15. The van der Waals surface area contributed by atoms with E-state index in [4.69, 9.17) is 0 Å². The highest BCUT2D eigenvalue weighted by Gasteiger charge is 2.28. The minimum atomic E-state index is 1.07. The zero-order valence-corrected chi connectivity index (χ0v) is 12.8. The number of quaternary nitrogens is 1. The predicted octanol–water partition coefficient (Wildman–Crippen LogP) is 5.01. The fraction of sp³-hybridized carbons (Fsp3) is 0.368. The van der Waals surface area contributed by atoms with Crippen molar-refractivity contribution in [1.29, 1.82) is 0 Å². The molecule has 0 aliphatic heterocycles. The van der Waals surface area contributed by atoms with E-state index in [0.717, 1.165) is 11.0 Å². The molecule has 20 heavy (non-hydrogen) atoms. The smallest absolute Gasteiger partial charge is 0.133 e. The van der Waals surface area contributed by atoms with Crippen molar-refractivity contribution in [3.63, 3.8) is 0 Å². The number of hydrogen-bond acceptors (Lipinski definition) is 0. The van der Waals surface area contributed by atoms with Gasteiger partial charge in [0.05, 0.1) is 13.1 Å². The van der Waals surface area contributed by atoms with Gasteiger partial charge in [-0.15, -0.1) is 0 Å². The molecule has 0 N–H and O–H groups in total. The van der Waals surface area contributed by atoms with Crippen molar-refractivity contribution >= 4 is 5.69 Å². The van der Waals surface area contributed by atoms with E-state index in [-0.39, 0.29) is 0 Å². The maximum Gasteiger partial charge on any atom is 0.133 e. The van der Waals surface area contributed by atoms with Gasteiger partial charge in [-0.05, 0) is 25.0 Å². The third-order valence-electron chi connectivity index (χ3n) is 3.94. The van der Waals surface area contributed by atoms with Crippen LogP contribution < -0.4 is 4.48 Å². The Morgan fingerprint density at radius 2 is 1.20 bits per heavy atom. The molecule has 2 aromatic rings. The van der Waals surface area contributed by atoms with Crippen molar-refractivity contribution in [2.24, 2.45) is 0 Å². The molecular weight excluding hydrogens is 242 g/mol. The van der Waals surface area contributed by atoms with Crippen LogP contribution in [0.2, 0.25) is 0 Å². The van der Waals surface area contributed by atoms with Gasteiger partial charge >= 0.3 is 0 Å². The van der Waals surface area contributed by atoms with Crippen molar-refractivity contribution in [3.05, 3.63) is 66.2 Å². The van der Waals surface area contributed by atoms with E-state index in [1.54, 1.807) is 0 Å². The Morgan fingerprint density at radius 3 is 1.70 bits per heavy atom. The van der Waals surface area contributed by atoms with Gasteiger partial charge in [-0.25, -0.2) is 0 Å². The van der Waals surface area contributed by atoms with Crippen LogP contribution in [0.4, 0.5) is 5.69 Å². The van der Waals surface area contributed by atoms with Gasteiger partial charge in [-0.2, -0.15) is 0 Å². The summed E-state index contributed by atoms with van der Waals surface area (Å²) >= 11 is 0. The summed E-state index contributed by atoms with van der Waals surface area (Å²) in [5, 5.41) is 0. The molecule has 2 aromatic carbocycles. The first-order valence-corrected chi connectivity index (χ1v) is 7.76. The molecule has 0 radical (unpaired) electrons. The second-order valence-corrected chi connectivity index (χ2v) is 5.57. The van der Waals surface area contributed by atoms with Crippen molar-refractivity contribution in [1.82, 2.24) is 4.48 Å². The minimum absolute atomic E-state index is 1.07. The van der Waals surface area contributed by atoms with E-state index < -0.39 is 0 Å². The third-order valence-corrected chi connectivity index (χ3v) is 3.94. The van der Waals surface area contributed by atoms with Crippen LogP contribution in [0, 0.1) is 0 Å². The third kappa shape index (κ3) is 3.49. The summed E-state index contributed by atoms with van der Waals surface area (Å²) in [5.41, 5.74) is 2.87. The molecule has 0 saturated heterocycles. The zero-order valence-electron chi connectivity index (χ0n) is 12.8. The van der Waals surface area contributed by atoms with E-state index >= 15 is 0 Å². The zero-order chi connectivity index (χ0) is 14.3. The van der Waals surface area contributed by atoms with Crippen LogP contribution >= 0.6 is 0 Å². The van der Waals surface area contributed by atoms with Gasteiger partial charge in [0.1, 0.15) is 12.2 Å². The summed E-state index contributed by atoms with van der Waals surface area (Å²) in [6.07, 6.45) is 2.42. The molecule has 0 aliphatic carbocycles. The van der Waals surface area contributed by atoms with Gasteiger partial charge in [0.15, 0.2) is 0 Å². The molecule has 0 atom stereocenters. The second-order valence-electron chi connectivity index (χ2n) is 5.57. The second kappa shape index (κ2) is 7.25. The monoisotopic (exact) mass is 268 g/mol. The SMILES string of the molecule is CCC[N+](CCC)(Cc1ccccc1)c1ccccc1. The molecule has 0 unspecified atom stereocenters. The van der Waals surface area contributed by atoms with Gasteiger partial charge in [-0.1, -0.05) is 62.4 Å². The Morgan fingerprint density at radius 1 is 0.700 bits per heavy atom. The van der Waals surface area contributed by atoms with E-state index in [1.165, 1.54) is 37.2 Å². The largest absolute Gasteiger partial charge is 0.287 e. The van der Waals surface area contributed by atoms with Gasteiger partial charge in [-0.3, -0.25) is 4.48 Å². The summed E-state index contributed by atoms with van der Waals surface area (Å²) in [4.78, 5) is 0. The Hall–Kier alpha value is -1.60.